The molecule has 22 heavy (non-hydrogen) atoms. The minimum atomic E-state index is -0.264. The molecule has 0 saturated carbocycles. The average molecular weight is 364 g/mol. The van der Waals surface area contributed by atoms with Crippen LogP contribution in [-0.2, 0) is 11.3 Å². The van der Waals surface area contributed by atoms with Crippen LogP contribution < -0.4 is 10.6 Å². The van der Waals surface area contributed by atoms with Crippen molar-refractivity contribution in [2.24, 2.45) is 0 Å². The first-order valence-electron chi connectivity index (χ1n) is 6.85. The van der Waals surface area contributed by atoms with Gasteiger partial charge in [0.05, 0.1) is 12.6 Å². The second kappa shape index (κ2) is 7.91. The molecular formula is C16H18BrN3O2. The van der Waals surface area contributed by atoms with Crippen LogP contribution in [0.1, 0.15) is 24.1 Å². The minimum absolute atomic E-state index is 0.110. The lowest BCUT2D eigenvalue weighted by molar-refractivity contribution is 0.185. The number of urea groups is 1. The van der Waals surface area contributed by atoms with Crippen molar-refractivity contribution in [3.63, 3.8) is 0 Å². The summed E-state index contributed by atoms with van der Waals surface area (Å²) in [5, 5.41) is 5.76. The fourth-order valence-electron chi connectivity index (χ4n) is 2.06. The number of amides is 2. The van der Waals surface area contributed by atoms with Crippen molar-refractivity contribution in [1.82, 2.24) is 10.3 Å². The van der Waals surface area contributed by atoms with E-state index in [1.54, 1.807) is 19.5 Å². The fraction of sp³-hybridized carbons (Fsp3) is 0.250. The summed E-state index contributed by atoms with van der Waals surface area (Å²) in [6, 6.07) is 9.00. The maximum atomic E-state index is 12.2. The Hall–Kier alpha value is -1.92. The quantitative estimate of drug-likeness (QED) is 0.847. The number of ether oxygens (including phenoxy) is 1. The fourth-order valence-corrected chi connectivity index (χ4v) is 2.54. The van der Waals surface area contributed by atoms with E-state index in [9.17, 15) is 4.79 Å². The van der Waals surface area contributed by atoms with Gasteiger partial charge in [-0.15, -0.1) is 0 Å². The van der Waals surface area contributed by atoms with Crippen LogP contribution in [-0.4, -0.2) is 18.1 Å². The number of carbonyl (C=O) groups excluding carboxylic acids is 1. The molecule has 2 N–H and O–H groups in total. The van der Waals surface area contributed by atoms with Gasteiger partial charge in [0.2, 0.25) is 0 Å². The topological polar surface area (TPSA) is 63.2 Å². The number of rotatable bonds is 5. The number of hydrogen-bond acceptors (Lipinski definition) is 3. The van der Waals surface area contributed by atoms with Crippen LogP contribution in [0.4, 0.5) is 10.5 Å². The van der Waals surface area contributed by atoms with Gasteiger partial charge < -0.3 is 15.4 Å². The van der Waals surface area contributed by atoms with Crippen molar-refractivity contribution in [3.8, 4) is 0 Å². The highest BCUT2D eigenvalue weighted by Crippen LogP contribution is 2.25. The van der Waals surface area contributed by atoms with Crippen LogP contribution >= 0.6 is 15.9 Å². The Kier molecular flexibility index (Phi) is 5.91. The van der Waals surface area contributed by atoms with E-state index in [-0.39, 0.29) is 12.1 Å². The van der Waals surface area contributed by atoms with Crippen molar-refractivity contribution >= 4 is 27.6 Å². The number of halogens is 1. The number of benzene rings is 1. The molecule has 0 fully saturated rings. The largest absolute Gasteiger partial charge is 0.380 e. The number of carbonyl (C=O) groups is 1. The lowest BCUT2D eigenvalue weighted by Gasteiger charge is -2.17. The van der Waals surface area contributed by atoms with Crippen LogP contribution in [0.15, 0.2) is 47.2 Å². The van der Waals surface area contributed by atoms with Gasteiger partial charge in [-0.3, -0.25) is 4.98 Å². The number of anilines is 1. The molecule has 116 valence electrons. The summed E-state index contributed by atoms with van der Waals surface area (Å²) in [5.41, 5.74) is 2.61. The van der Waals surface area contributed by atoms with Crippen LogP contribution in [0.2, 0.25) is 0 Å². The van der Waals surface area contributed by atoms with Crippen molar-refractivity contribution in [3.05, 3.63) is 58.3 Å². The predicted octanol–water partition coefficient (Wildman–Crippen LogP) is 3.87. The molecule has 0 saturated heterocycles. The summed E-state index contributed by atoms with van der Waals surface area (Å²) in [6.07, 6.45) is 3.41. The predicted molar refractivity (Wildman–Crippen MR) is 89.7 cm³/mol. The number of pyridine rings is 1. The number of nitrogens with one attached hydrogen (secondary N) is 2. The third kappa shape index (κ3) is 4.29. The zero-order valence-corrected chi connectivity index (χ0v) is 14.1. The minimum Gasteiger partial charge on any atom is -0.380 e. The van der Waals surface area contributed by atoms with E-state index >= 15 is 0 Å². The third-order valence-electron chi connectivity index (χ3n) is 3.21. The summed E-state index contributed by atoms with van der Waals surface area (Å²) in [6.45, 7) is 2.34. The van der Waals surface area contributed by atoms with E-state index in [1.165, 1.54) is 0 Å². The third-order valence-corrected chi connectivity index (χ3v) is 3.95. The van der Waals surface area contributed by atoms with Gasteiger partial charge in [-0.1, -0.05) is 22.0 Å². The molecule has 2 rings (SSSR count). The molecule has 1 heterocycles. The molecule has 0 spiro atoms. The van der Waals surface area contributed by atoms with Gasteiger partial charge in [0.25, 0.3) is 0 Å². The van der Waals surface area contributed by atoms with Crippen LogP contribution in [0.3, 0.4) is 0 Å². The molecule has 1 aromatic heterocycles. The molecule has 0 bridgehead atoms. The van der Waals surface area contributed by atoms with E-state index in [1.807, 2.05) is 37.3 Å². The van der Waals surface area contributed by atoms with Gasteiger partial charge in [0.15, 0.2) is 0 Å². The highest BCUT2D eigenvalue weighted by atomic mass is 79.9. The zero-order valence-electron chi connectivity index (χ0n) is 12.5. The summed E-state index contributed by atoms with van der Waals surface area (Å²) < 4.78 is 6.07. The molecular weight excluding hydrogens is 346 g/mol. The zero-order chi connectivity index (χ0) is 15.9. The molecule has 1 unspecified atom stereocenters. The van der Waals surface area contributed by atoms with Crippen molar-refractivity contribution < 1.29 is 9.53 Å². The lowest BCUT2D eigenvalue weighted by atomic mass is 10.1. The number of methoxy groups -OCH3 is 1. The first kappa shape index (κ1) is 16.5. The molecule has 6 heteroatoms. The first-order valence-corrected chi connectivity index (χ1v) is 7.65. The monoisotopic (exact) mass is 363 g/mol. The molecule has 0 radical (unpaired) electrons. The standard InChI is InChI=1S/C16H18BrN3O2/c1-11(12-6-8-18-9-7-12)19-16(21)20-15-5-3-4-14(17)13(15)10-22-2/h3-9,11H,10H2,1-2H3,(H2,19,20,21). The average Bonchev–Trinajstić information content (AvgIpc) is 2.51. The summed E-state index contributed by atoms with van der Waals surface area (Å²) in [7, 11) is 1.62. The molecule has 1 atom stereocenters. The Morgan fingerprint density at radius 3 is 2.73 bits per heavy atom. The van der Waals surface area contributed by atoms with E-state index in [2.05, 4.69) is 31.5 Å². The molecule has 5 nitrogen and oxygen atoms in total. The van der Waals surface area contributed by atoms with Gasteiger partial charge >= 0.3 is 6.03 Å². The van der Waals surface area contributed by atoms with E-state index in [0.29, 0.717) is 6.61 Å². The normalized spacial score (nSPS) is 11.8. The highest BCUT2D eigenvalue weighted by molar-refractivity contribution is 9.10. The molecule has 2 aromatic rings. The molecule has 1 aromatic carbocycles. The Labute approximate surface area is 138 Å². The van der Waals surface area contributed by atoms with Crippen molar-refractivity contribution in [2.45, 2.75) is 19.6 Å². The second-order valence-corrected chi connectivity index (χ2v) is 5.65. The number of hydrogen-bond donors (Lipinski definition) is 2. The van der Waals surface area contributed by atoms with Crippen LogP contribution in [0.5, 0.6) is 0 Å². The van der Waals surface area contributed by atoms with Gasteiger partial charge in [0.1, 0.15) is 0 Å². The molecule has 0 aliphatic heterocycles. The van der Waals surface area contributed by atoms with Crippen molar-refractivity contribution in [2.75, 3.05) is 12.4 Å². The SMILES string of the molecule is COCc1c(Br)cccc1NC(=O)NC(C)c1ccncc1. The van der Waals surface area contributed by atoms with Crippen molar-refractivity contribution in [1.29, 1.82) is 0 Å². The summed E-state index contributed by atoms with van der Waals surface area (Å²) >= 11 is 3.47. The van der Waals surface area contributed by atoms with E-state index in [0.717, 1.165) is 21.3 Å². The Bertz CT molecular complexity index is 635. The molecule has 0 aliphatic carbocycles. The smallest absolute Gasteiger partial charge is 0.319 e. The number of nitrogens with zero attached hydrogens (tertiary/aromatic N) is 1. The second-order valence-electron chi connectivity index (χ2n) is 4.80. The maximum Gasteiger partial charge on any atom is 0.319 e. The summed E-state index contributed by atoms with van der Waals surface area (Å²) in [4.78, 5) is 16.1. The van der Waals surface area contributed by atoms with Crippen LogP contribution in [0.25, 0.3) is 0 Å². The van der Waals surface area contributed by atoms with Gasteiger partial charge in [-0.05, 0) is 36.8 Å². The molecule has 2 amide bonds. The highest BCUT2D eigenvalue weighted by Gasteiger charge is 2.12. The lowest BCUT2D eigenvalue weighted by Crippen LogP contribution is -2.31. The van der Waals surface area contributed by atoms with E-state index in [4.69, 9.17) is 4.74 Å². The van der Waals surface area contributed by atoms with Gasteiger partial charge in [-0.25, -0.2) is 4.79 Å². The molecule has 0 aliphatic rings. The van der Waals surface area contributed by atoms with Crippen LogP contribution in [0, 0.1) is 0 Å². The maximum absolute atomic E-state index is 12.2. The van der Waals surface area contributed by atoms with Gasteiger partial charge in [0, 0.05) is 35.2 Å². The Morgan fingerprint density at radius 2 is 2.05 bits per heavy atom. The van der Waals surface area contributed by atoms with E-state index < -0.39 is 0 Å². The Balaban J connectivity index is 2.05. The Morgan fingerprint density at radius 1 is 1.32 bits per heavy atom. The number of aromatic nitrogens is 1. The van der Waals surface area contributed by atoms with Gasteiger partial charge in [-0.2, -0.15) is 0 Å². The first-order chi connectivity index (χ1) is 10.6. The summed E-state index contributed by atoms with van der Waals surface area (Å²) in [5.74, 6) is 0.